The number of carbonyl (C=O) groups is 1. The highest BCUT2D eigenvalue weighted by Gasteiger charge is 2.13. The molecular formula is C16H20N4OS. The van der Waals surface area contributed by atoms with Crippen LogP contribution in [0.1, 0.15) is 12.8 Å². The van der Waals surface area contributed by atoms with E-state index in [1.54, 1.807) is 11.3 Å². The Bertz CT molecular complexity index is 591. The van der Waals surface area contributed by atoms with Crippen molar-refractivity contribution >= 4 is 23.1 Å². The zero-order valence-corrected chi connectivity index (χ0v) is 13.2. The Balaban J connectivity index is 1.48. The molecule has 1 aliphatic rings. The van der Waals surface area contributed by atoms with Crippen molar-refractivity contribution in [3.05, 3.63) is 35.2 Å². The van der Waals surface area contributed by atoms with E-state index in [4.69, 9.17) is 0 Å². The van der Waals surface area contributed by atoms with Gasteiger partial charge in [-0.2, -0.15) is 0 Å². The first-order chi connectivity index (χ1) is 10.8. The molecule has 1 aromatic carbocycles. The predicted octanol–water partition coefficient (Wildman–Crippen LogP) is 2.93. The lowest BCUT2D eigenvalue weighted by Crippen LogP contribution is -2.37. The van der Waals surface area contributed by atoms with Crippen LogP contribution in [0.25, 0.3) is 11.3 Å². The van der Waals surface area contributed by atoms with Gasteiger partial charge < -0.3 is 16.0 Å². The van der Waals surface area contributed by atoms with Crippen LogP contribution in [0.15, 0.2) is 35.2 Å². The second kappa shape index (κ2) is 7.38. The van der Waals surface area contributed by atoms with Gasteiger partial charge in [0.25, 0.3) is 0 Å². The van der Waals surface area contributed by atoms with Gasteiger partial charge in [-0.3, -0.25) is 0 Å². The summed E-state index contributed by atoms with van der Waals surface area (Å²) in [4.78, 5) is 16.2. The van der Waals surface area contributed by atoms with Gasteiger partial charge in [-0.25, -0.2) is 9.78 Å². The van der Waals surface area contributed by atoms with Crippen LogP contribution >= 0.6 is 11.3 Å². The van der Waals surface area contributed by atoms with Crippen molar-refractivity contribution in [3.63, 3.8) is 0 Å². The Morgan fingerprint density at radius 2 is 2.05 bits per heavy atom. The summed E-state index contributed by atoms with van der Waals surface area (Å²) >= 11 is 1.57. The molecule has 2 heterocycles. The Morgan fingerprint density at radius 3 is 2.73 bits per heavy atom. The lowest BCUT2D eigenvalue weighted by molar-refractivity contribution is 0.248. The fraction of sp³-hybridized carbons (Fsp3) is 0.375. The summed E-state index contributed by atoms with van der Waals surface area (Å²) in [5, 5.41) is 11.2. The number of amides is 2. The van der Waals surface area contributed by atoms with Crippen LogP contribution < -0.4 is 16.0 Å². The molecule has 2 aromatic rings. The van der Waals surface area contributed by atoms with Crippen molar-refractivity contribution in [1.82, 2.24) is 15.6 Å². The van der Waals surface area contributed by atoms with E-state index in [2.05, 4.69) is 20.9 Å². The van der Waals surface area contributed by atoms with E-state index in [1.807, 2.05) is 35.2 Å². The second-order valence-electron chi connectivity index (χ2n) is 5.48. The van der Waals surface area contributed by atoms with Crippen LogP contribution in [-0.2, 0) is 0 Å². The van der Waals surface area contributed by atoms with Crippen LogP contribution in [0.5, 0.6) is 0 Å². The molecule has 0 unspecified atom stereocenters. The molecule has 22 heavy (non-hydrogen) atoms. The van der Waals surface area contributed by atoms with Crippen molar-refractivity contribution in [2.24, 2.45) is 5.92 Å². The molecule has 0 bridgehead atoms. The van der Waals surface area contributed by atoms with Gasteiger partial charge in [0.1, 0.15) is 0 Å². The average molecular weight is 316 g/mol. The van der Waals surface area contributed by atoms with E-state index in [0.29, 0.717) is 5.92 Å². The maximum absolute atomic E-state index is 11.9. The van der Waals surface area contributed by atoms with Gasteiger partial charge in [-0.15, -0.1) is 11.3 Å². The van der Waals surface area contributed by atoms with Crippen molar-refractivity contribution in [2.75, 3.05) is 25.0 Å². The van der Waals surface area contributed by atoms with E-state index in [-0.39, 0.29) is 6.03 Å². The summed E-state index contributed by atoms with van der Waals surface area (Å²) in [5.41, 5.74) is 4.63. The number of aromatic nitrogens is 1. The molecule has 0 spiro atoms. The second-order valence-corrected chi connectivity index (χ2v) is 6.20. The Kier molecular flexibility index (Phi) is 5.03. The molecule has 116 valence electrons. The van der Waals surface area contributed by atoms with Gasteiger partial charge in [0.2, 0.25) is 0 Å². The van der Waals surface area contributed by atoms with Crippen LogP contribution in [0.3, 0.4) is 0 Å². The molecular weight excluding hydrogens is 296 g/mol. The monoisotopic (exact) mass is 316 g/mol. The fourth-order valence-corrected chi connectivity index (χ4v) is 3.14. The van der Waals surface area contributed by atoms with Gasteiger partial charge in [-0.1, -0.05) is 12.1 Å². The van der Waals surface area contributed by atoms with E-state index < -0.39 is 0 Å². The van der Waals surface area contributed by atoms with Crippen molar-refractivity contribution < 1.29 is 4.79 Å². The molecule has 0 atom stereocenters. The van der Waals surface area contributed by atoms with Gasteiger partial charge in [0, 0.05) is 23.2 Å². The summed E-state index contributed by atoms with van der Waals surface area (Å²) in [6.07, 6.45) is 2.26. The first-order valence-electron chi connectivity index (χ1n) is 7.55. The topological polar surface area (TPSA) is 66.1 Å². The lowest BCUT2D eigenvalue weighted by atomic mass is 9.98. The summed E-state index contributed by atoms with van der Waals surface area (Å²) in [6.45, 7) is 2.84. The molecule has 3 N–H and O–H groups in total. The highest BCUT2D eigenvalue weighted by atomic mass is 32.1. The number of hydrogen-bond acceptors (Lipinski definition) is 4. The number of thiazole rings is 1. The SMILES string of the molecule is O=C(NCC1CCNCC1)Nc1ccc(-c2cscn2)cc1. The smallest absolute Gasteiger partial charge is 0.319 e. The Hall–Kier alpha value is -1.92. The van der Waals surface area contributed by atoms with Gasteiger partial charge in [-0.05, 0) is 44.0 Å². The highest BCUT2D eigenvalue weighted by molar-refractivity contribution is 7.07. The van der Waals surface area contributed by atoms with Crippen LogP contribution in [0.4, 0.5) is 10.5 Å². The third-order valence-electron chi connectivity index (χ3n) is 3.88. The maximum atomic E-state index is 11.9. The number of piperidine rings is 1. The minimum Gasteiger partial charge on any atom is -0.338 e. The molecule has 3 rings (SSSR count). The van der Waals surface area contributed by atoms with Crippen LogP contribution in [0, 0.1) is 5.92 Å². The average Bonchev–Trinajstić information content (AvgIpc) is 3.09. The molecule has 0 saturated carbocycles. The summed E-state index contributed by atoms with van der Waals surface area (Å²) < 4.78 is 0. The maximum Gasteiger partial charge on any atom is 0.319 e. The third kappa shape index (κ3) is 4.05. The summed E-state index contributed by atoms with van der Waals surface area (Å²) in [7, 11) is 0. The zero-order valence-electron chi connectivity index (χ0n) is 12.3. The Labute approximate surface area is 134 Å². The van der Waals surface area contributed by atoms with Gasteiger partial charge in [0.15, 0.2) is 0 Å². The van der Waals surface area contributed by atoms with Gasteiger partial charge in [0.05, 0.1) is 11.2 Å². The molecule has 1 aromatic heterocycles. The van der Waals surface area contributed by atoms with Crippen molar-refractivity contribution in [1.29, 1.82) is 0 Å². The van der Waals surface area contributed by atoms with E-state index in [1.165, 1.54) is 0 Å². The number of nitrogens with one attached hydrogen (secondary N) is 3. The van der Waals surface area contributed by atoms with Crippen molar-refractivity contribution in [2.45, 2.75) is 12.8 Å². The largest absolute Gasteiger partial charge is 0.338 e. The highest BCUT2D eigenvalue weighted by Crippen LogP contribution is 2.21. The number of urea groups is 1. The number of benzene rings is 1. The number of nitrogens with zero attached hydrogens (tertiary/aromatic N) is 1. The number of anilines is 1. The number of rotatable bonds is 4. The lowest BCUT2D eigenvalue weighted by Gasteiger charge is -2.22. The first-order valence-corrected chi connectivity index (χ1v) is 8.50. The normalized spacial score (nSPS) is 15.5. The van der Waals surface area contributed by atoms with Crippen LogP contribution in [-0.4, -0.2) is 30.6 Å². The standard InChI is InChI=1S/C16H20N4OS/c21-16(18-9-12-5-7-17-8-6-12)20-14-3-1-13(2-4-14)15-10-22-11-19-15/h1-4,10-12,17H,5-9H2,(H2,18,20,21). The van der Waals surface area contributed by atoms with Gasteiger partial charge >= 0.3 is 6.03 Å². The minimum atomic E-state index is -0.139. The zero-order chi connectivity index (χ0) is 15.2. The van der Waals surface area contributed by atoms with E-state index in [9.17, 15) is 4.79 Å². The summed E-state index contributed by atoms with van der Waals surface area (Å²) in [5.74, 6) is 0.582. The molecule has 1 aliphatic heterocycles. The molecule has 5 nitrogen and oxygen atoms in total. The number of hydrogen-bond donors (Lipinski definition) is 3. The molecule has 1 saturated heterocycles. The summed E-state index contributed by atoms with van der Waals surface area (Å²) in [6, 6.07) is 7.60. The third-order valence-corrected chi connectivity index (χ3v) is 4.47. The minimum absolute atomic E-state index is 0.139. The quantitative estimate of drug-likeness (QED) is 0.812. The fourth-order valence-electron chi connectivity index (χ4n) is 2.58. The predicted molar refractivity (Wildman–Crippen MR) is 90.2 cm³/mol. The van der Waals surface area contributed by atoms with Crippen LogP contribution in [0.2, 0.25) is 0 Å². The molecule has 1 fully saturated rings. The number of carbonyl (C=O) groups excluding carboxylic acids is 1. The molecule has 0 aliphatic carbocycles. The molecule has 6 heteroatoms. The van der Waals surface area contributed by atoms with Crippen molar-refractivity contribution in [3.8, 4) is 11.3 Å². The Morgan fingerprint density at radius 1 is 1.27 bits per heavy atom. The molecule has 2 amide bonds. The van der Waals surface area contributed by atoms with E-state index >= 15 is 0 Å². The molecule has 0 radical (unpaired) electrons. The van der Waals surface area contributed by atoms with E-state index in [0.717, 1.165) is 49.4 Å². The first kappa shape index (κ1) is 15.0.